The van der Waals surface area contributed by atoms with Crippen LogP contribution in [0.15, 0.2) is 64.1 Å². The lowest BCUT2D eigenvalue weighted by atomic mass is 10.1. The number of amides is 1. The van der Waals surface area contributed by atoms with E-state index >= 15 is 0 Å². The fraction of sp³-hybridized carbons (Fsp3) is 0.0526. The molecule has 0 fully saturated rings. The van der Waals surface area contributed by atoms with Crippen LogP contribution in [0.1, 0.15) is 16.1 Å². The van der Waals surface area contributed by atoms with Gasteiger partial charge in [-0.3, -0.25) is 14.9 Å². The summed E-state index contributed by atoms with van der Waals surface area (Å²) in [6, 6.07) is 13.8. The Morgan fingerprint density at radius 3 is 2.64 bits per heavy atom. The van der Waals surface area contributed by atoms with Gasteiger partial charge in [-0.05, 0) is 42.5 Å². The zero-order chi connectivity index (χ0) is 20.1. The van der Waals surface area contributed by atoms with Gasteiger partial charge in [0.15, 0.2) is 0 Å². The minimum Gasteiger partial charge on any atom is -0.497 e. The molecule has 0 aliphatic rings. The smallest absolute Gasteiger partial charge is 0.271 e. The zero-order valence-electron chi connectivity index (χ0n) is 14.6. The fourth-order valence-corrected chi connectivity index (χ4v) is 2.55. The Morgan fingerprint density at radius 1 is 1.21 bits per heavy atom. The van der Waals surface area contributed by atoms with E-state index in [0.29, 0.717) is 33.4 Å². The van der Waals surface area contributed by atoms with Crippen LogP contribution < -0.4 is 10.2 Å². The number of furan rings is 1. The predicted octanol–water partition coefficient (Wildman–Crippen LogP) is 4.28. The van der Waals surface area contributed by atoms with E-state index in [1.807, 2.05) is 0 Å². The third kappa shape index (κ3) is 4.36. The van der Waals surface area contributed by atoms with E-state index in [4.69, 9.17) is 20.8 Å². The van der Waals surface area contributed by atoms with Crippen molar-refractivity contribution in [1.29, 1.82) is 0 Å². The van der Waals surface area contributed by atoms with Crippen LogP contribution in [0.2, 0.25) is 5.02 Å². The van der Waals surface area contributed by atoms with E-state index in [2.05, 4.69) is 10.5 Å². The second-order valence-corrected chi connectivity index (χ2v) is 5.96. The fourth-order valence-electron chi connectivity index (χ4n) is 2.34. The first-order chi connectivity index (χ1) is 13.5. The lowest BCUT2D eigenvalue weighted by molar-refractivity contribution is -0.384. The highest BCUT2D eigenvalue weighted by molar-refractivity contribution is 6.33. The van der Waals surface area contributed by atoms with Crippen molar-refractivity contribution in [3.8, 4) is 17.1 Å². The van der Waals surface area contributed by atoms with Gasteiger partial charge in [-0.1, -0.05) is 11.6 Å². The van der Waals surface area contributed by atoms with Gasteiger partial charge in [-0.15, -0.1) is 0 Å². The number of hydrogen-bond donors (Lipinski definition) is 1. The average Bonchev–Trinajstić information content (AvgIpc) is 3.16. The van der Waals surface area contributed by atoms with Gasteiger partial charge >= 0.3 is 0 Å². The lowest BCUT2D eigenvalue weighted by Gasteiger charge is -2.02. The molecule has 9 heteroatoms. The van der Waals surface area contributed by atoms with Gasteiger partial charge in [0.25, 0.3) is 11.6 Å². The quantitative estimate of drug-likeness (QED) is 0.378. The van der Waals surface area contributed by atoms with Crippen molar-refractivity contribution in [2.45, 2.75) is 0 Å². The molecule has 0 aliphatic carbocycles. The van der Waals surface area contributed by atoms with Gasteiger partial charge in [0.1, 0.15) is 17.3 Å². The van der Waals surface area contributed by atoms with Gasteiger partial charge in [-0.25, -0.2) is 5.43 Å². The normalized spacial score (nSPS) is 10.8. The number of nitrogens with one attached hydrogen (secondary N) is 1. The van der Waals surface area contributed by atoms with Crippen LogP contribution in [-0.4, -0.2) is 24.2 Å². The number of hydrazone groups is 1. The van der Waals surface area contributed by atoms with Crippen molar-refractivity contribution in [1.82, 2.24) is 5.43 Å². The third-order valence-electron chi connectivity index (χ3n) is 3.76. The molecule has 0 saturated heterocycles. The molecule has 1 aromatic heterocycles. The first kappa shape index (κ1) is 19.1. The van der Waals surface area contributed by atoms with Crippen LogP contribution >= 0.6 is 11.6 Å². The van der Waals surface area contributed by atoms with Crippen molar-refractivity contribution < 1.29 is 18.9 Å². The Bertz CT molecular complexity index is 1040. The number of methoxy groups -OCH3 is 1. The van der Waals surface area contributed by atoms with Gasteiger partial charge in [0.05, 0.1) is 23.3 Å². The number of nitro benzene ring substituents is 1. The molecule has 1 N–H and O–H groups in total. The van der Waals surface area contributed by atoms with Gasteiger partial charge in [-0.2, -0.15) is 5.10 Å². The summed E-state index contributed by atoms with van der Waals surface area (Å²) in [4.78, 5) is 22.4. The number of nitro groups is 1. The Kier molecular flexibility index (Phi) is 5.71. The first-order valence-electron chi connectivity index (χ1n) is 7.99. The van der Waals surface area contributed by atoms with E-state index in [-0.39, 0.29) is 5.69 Å². The van der Waals surface area contributed by atoms with Crippen LogP contribution in [0.25, 0.3) is 11.3 Å². The number of carbonyl (C=O) groups excluding carboxylic acids is 1. The van der Waals surface area contributed by atoms with Gasteiger partial charge in [0, 0.05) is 23.3 Å². The molecule has 2 aromatic carbocycles. The summed E-state index contributed by atoms with van der Waals surface area (Å²) < 4.78 is 10.6. The largest absolute Gasteiger partial charge is 0.497 e. The summed E-state index contributed by atoms with van der Waals surface area (Å²) in [5.74, 6) is 0.930. The van der Waals surface area contributed by atoms with Crippen LogP contribution in [0, 0.1) is 10.1 Å². The van der Waals surface area contributed by atoms with Gasteiger partial charge in [0.2, 0.25) is 0 Å². The summed E-state index contributed by atoms with van der Waals surface area (Å²) in [6.45, 7) is 0. The molecule has 3 rings (SSSR count). The predicted molar refractivity (Wildman–Crippen MR) is 104 cm³/mol. The molecule has 0 unspecified atom stereocenters. The minimum atomic E-state index is -0.514. The van der Waals surface area contributed by atoms with Crippen molar-refractivity contribution in [2.24, 2.45) is 5.10 Å². The number of benzene rings is 2. The summed E-state index contributed by atoms with van der Waals surface area (Å²) >= 11 is 6.10. The second kappa shape index (κ2) is 8.36. The maximum absolute atomic E-state index is 12.0. The highest BCUT2D eigenvalue weighted by atomic mass is 35.5. The van der Waals surface area contributed by atoms with Gasteiger partial charge < -0.3 is 9.15 Å². The van der Waals surface area contributed by atoms with Crippen LogP contribution in [0.4, 0.5) is 5.69 Å². The molecular weight excluding hydrogens is 386 g/mol. The van der Waals surface area contributed by atoms with Crippen LogP contribution in [0.3, 0.4) is 0 Å². The average molecular weight is 400 g/mol. The van der Waals surface area contributed by atoms with E-state index < -0.39 is 10.8 Å². The van der Waals surface area contributed by atoms with Crippen molar-refractivity contribution in [3.05, 3.63) is 81.1 Å². The lowest BCUT2D eigenvalue weighted by Crippen LogP contribution is -2.17. The molecule has 0 saturated carbocycles. The maximum atomic E-state index is 12.0. The number of carbonyl (C=O) groups is 1. The number of non-ortho nitro benzene ring substituents is 1. The number of halogens is 1. The number of nitrogens with zero attached hydrogens (tertiary/aromatic N) is 2. The first-order valence-corrected chi connectivity index (χ1v) is 8.37. The Labute approximate surface area is 164 Å². The molecule has 1 amide bonds. The molecule has 0 aliphatic heterocycles. The highest BCUT2D eigenvalue weighted by Crippen LogP contribution is 2.32. The summed E-state index contributed by atoms with van der Waals surface area (Å²) in [5.41, 5.74) is 3.09. The van der Waals surface area contributed by atoms with Crippen molar-refractivity contribution in [2.75, 3.05) is 7.11 Å². The zero-order valence-corrected chi connectivity index (χ0v) is 15.3. The molecule has 0 bridgehead atoms. The molecule has 1 heterocycles. The van der Waals surface area contributed by atoms with Crippen LogP contribution in [0.5, 0.6) is 5.75 Å². The summed E-state index contributed by atoms with van der Waals surface area (Å²) in [7, 11) is 1.54. The molecule has 28 heavy (non-hydrogen) atoms. The highest BCUT2D eigenvalue weighted by Gasteiger charge is 2.14. The minimum absolute atomic E-state index is 0.0993. The topological polar surface area (TPSA) is 107 Å². The SMILES string of the molecule is COc1ccc(C(=O)N/N=C/c2ccc(-c3cc([N+](=O)[O-])ccc3Cl)o2)cc1. The summed E-state index contributed by atoms with van der Waals surface area (Å²) in [6.07, 6.45) is 1.32. The molecule has 0 radical (unpaired) electrons. The molecule has 142 valence electrons. The standard InChI is InChI=1S/C19H14ClN3O5/c1-27-14-5-2-12(3-6-14)19(24)22-21-11-15-7-9-18(28-15)16-10-13(23(25)26)4-8-17(16)20/h2-11H,1H3,(H,22,24)/b21-11+. The second-order valence-electron chi connectivity index (χ2n) is 5.55. The monoisotopic (exact) mass is 399 g/mol. The molecule has 0 atom stereocenters. The number of rotatable bonds is 6. The van der Waals surface area contributed by atoms with Crippen LogP contribution in [-0.2, 0) is 0 Å². The molecule has 0 spiro atoms. The van der Waals surface area contributed by atoms with Crippen molar-refractivity contribution in [3.63, 3.8) is 0 Å². The number of hydrogen-bond acceptors (Lipinski definition) is 6. The third-order valence-corrected chi connectivity index (χ3v) is 4.09. The van der Waals surface area contributed by atoms with E-state index in [0.717, 1.165) is 0 Å². The maximum Gasteiger partial charge on any atom is 0.271 e. The molecular formula is C19H14ClN3O5. The van der Waals surface area contributed by atoms with E-state index in [1.54, 1.807) is 36.4 Å². The molecule has 3 aromatic rings. The Hall–Kier alpha value is -3.65. The summed E-state index contributed by atoms with van der Waals surface area (Å²) in [5, 5.41) is 15.1. The Balaban J connectivity index is 1.69. The van der Waals surface area contributed by atoms with E-state index in [1.165, 1.54) is 31.5 Å². The van der Waals surface area contributed by atoms with E-state index in [9.17, 15) is 14.9 Å². The Morgan fingerprint density at radius 2 is 1.96 bits per heavy atom. The van der Waals surface area contributed by atoms with Crippen molar-refractivity contribution >= 4 is 29.4 Å². The number of ether oxygens (including phenoxy) is 1. The molecule has 8 nitrogen and oxygen atoms in total.